The van der Waals surface area contributed by atoms with Crippen molar-refractivity contribution in [3.8, 4) is 0 Å². The Balaban J connectivity index is 1.77. The lowest BCUT2D eigenvalue weighted by Gasteiger charge is -2.12. The number of carbonyl (C=O) groups excluding carboxylic acids is 2. The van der Waals surface area contributed by atoms with Gasteiger partial charge in [0.2, 0.25) is 12.4 Å². The van der Waals surface area contributed by atoms with E-state index in [9.17, 15) is 14.8 Å². The van der Waals surface area contributed by atoms with Gasteiger partial charge in [0.15, 0.2) is 5.13 Å². The summed E-state index contributed by atoms with van der Waals surface area (Å²) in [5.41, 5.74) is 4.82. The van der Waals surface area contributed by atoms with Gasteiger partial charge in [-0.2, -0.15) is 0 Å². The molecular weight excluding hydrogens is 376 g/mol. The first-order chi connectivity index (χ1) is 13.2. The molecule has 7 nitrogen and oxygen atoms in total. The van der Waals surface area contributed by atoms with Crippen molar-refractivity contribution < 1.29 is 19.5 Å². The van der Waals surface area contributed by atoms with E-state index in [0.717, 1.165) is 38.4 Å². The minimum atomic E-state index is -0.369. The molecular formula is C20H21N4O3S+. The van der Waals surface area contributed by atoms with Crippen LogP contribution in [0.4, 0.5) is 10.8 Å². The molecule has 0 aliphatic heterocycles. The monoisotopic (exact) mass is 397 g/mol. The molecule has 28 heavy (non-hydrogen) atoms. The summed E-state index contributed by atoms with van der Waals surface area (Å²) in [6, 6.07) is 6.99. The SMILES string of the molecule is Cc1cc(C)c(NC(=O)c2sc(NC(=O)c3cc[n+](O)cc3)nc2C)c(C)c1. The summed E-state index contributed by atoms with van der Waals surface area (Å²) in [5.74, 6) is -0.627. The number of hydrogen-bond donors (Lipinski definition) is 3. The number of aryl methyl sites for hydroxylation is 4. The Kier molecular flexibility index (Phi) is 5.41. The van der Waals surface area contributed by atoms with Gasteiger partial charge in [-0.1, -0.05) is 29.0 Å². The maximum atomic E-state index is 12.7. The van der Waals surface area contributed by atoms with Crippen molar-refractivity contribution in [2.45, 2.75) is 27.7 Å². The number of pyridine rings is 1. The van der Waals surface area contributed by atoms with Crippen molar-refractivity contribution in [1.82, 2.24) is 4.98 Å². The van der Waals surface area contributed by atoms with Gasteiger partial charge < -0.3 is 5.32 Å². The van der Waals surface area contributed by atoms with E-state index in [4.69, 9.17) is 0 Å². The molecule has 3 N–H and O–H groups in total. The molecule has 0 saturated carbocycles. The second-order valence-electron chi connectivity index (χ2n) is 6.58. The maximum Gasteiger partial charge on any atom is 0.267 e. The van der Waals surface area contributed by atoms with Crippen molar-refractivity contribution in [3.05, 3.63) is 69.5 Å². The third-order valence-electron chi connectivity index (χ3n) is 4.21. The van der Waals surface area contributed by atoms with E-state index < -0.39 is 0 Å². The Morgan fingerprint density at radius 3 is 2.21 bits per heavy atom. The minimum Gasteiger partial charge on any atom is -0.321 e. The molecule has 0 unspecified atom stereocenters. The molecule has 2 aromatic heterocycles. The number of anilines is 2. The molecule has 3 aromatic rings. The predicted octanol–water partition coefficient (Wildman–Crippen LogP) is 3.41. The van der Waals surface area contributed by atoms with E-state index in [1.165, 1.54) is 24.5 Å². The second-order valence-corrected chi connectivity index (χ2v) is 7.58. The molecule has 0 fully saturated rings. The third kappa shape index (κ3) is 4.17. The highest BCUT2D eigenvalue weighted by atomic mass is 32.1. The Hall–Kier alpha value is -3.26. The first-order valence-corrected chi connectivity index (χ1v) is 9.45. The predicted molar refractivity (Wildman–Crippen MR) is 107 cm³/mol. The van der Waals surface area contributed by atoms with Crippen LogP contribution in [-0.2, 0) is 0 Å². The Labute approximate surface area is 166 Å². The highest BCUT2D eigenvalue weighted by Crippen LogP contribution is 2.27. The lowest BCUT2D eigenvalue weighted by atomic mass is 10.1. The molecule has 144 valence electrons. The number of amides is 2. The number of rotatable bonds is 4. The first kappa shape index (κ1) is 19.5. The number of aromatic nitrogens is 2. The standard InChI is InChI=1S/C20H20N4O3S/c1-11-9-12(2)16(13(3)10-11)22-19(26)17-14(4)21-20(28-17)23-18(25)15-5-7-24(27)8-6-15/h5-10H,1-4H3,(H2-,21,22,23,25,26,27)/p+1. The average molecular weight is 397 g/mol. The van der Waals surface area contributed by atoms with Crippen LogP contribution in [0, 0.1) is 27.7 Å². The van der Waals surface area contributed by atoms with E-state index in [0.29, 0.717) is 21.3 Å². The number of carbonyl (C=O) groups is 2. The molecule has 0 saturated heterocycles. The van der Waals surface area contributed by atoms with Gasteiger partial charge in [-0.05, 0) is 38.8 Å². The van der Waals surface area contributed by atoms with Crippen LogP contribution in [0.25, 0.3) is 0 Å². The van der Waals surface area contributed by atoms with Crippen LogP contribution in [-0.4, -0.2) is 22.0 Å². The highest BCUT2D eigenvalue weighted by molar-refractivity contribution is 7.17. The van der Waals surface area contributed by atoms with Gasteiger partial charge in [0.05, 0.1) is 11.3 Å². The second kappa shape index (κ2) is 7.77. The third-order valence-corrected chi connectivity index (χ3v) is 5.29. The number of nitrogens with zero attached hydrogens (tertiary/aromatic N) is 2. The summed E-state index contributed by atoms with van der Waals surface area (Å²) in [6.07, 6.45) is 2.71. The van der Waals surface area contributed by atoms with Crippen LogP contribution >= 0.6 is 11.3 Å². The normalized spacial score (nSPS) is 10.6. The number of hydrogen-bond acceptors (Lipinski definition) is 5. The molecule has 2 amide bonds. The van der Waals surface area contributed by atoms with Gasteiger partial charge >= 0.3 is 0 Å². The summed E-state index contributed by atoms with van der Waals surface area (Å²) >= 11 is 1.12. The lowest BCUT2D eigenvalue weighted by Crippen LogP contribution is -2.28. The van der Waals surface area contributed by atoms with Crippen LogP contribution in [0.2, 0.25) is 0 Å². The average Bonchev–Trinajstić information content (AvgIpc) is 2.98. The lowest BCUT2D eigenvalue weighted by molar-refractivity contribution is -0.904. The van der Waals surface area contributed by atoms with Crippen LogP contribution in [0.3, 0.4) is 0 Å². The maximum absolute atomic E-state index is 12.7. The largest absolute Gasteiger partial charge is 0.321 e. The Morgan fingerprint density at radius 1 is 1.00 bits per heavy atom. The van der Waals surface area contributed by atoms with E-state index >= 15 is 0 Å². The minimum absolute atomic E-state index is 0.258. The summed E-state index contributed by atoms with van der Waals surface area (Å²) in [7, 11) is 0. The number of nitrogens with one attached hydrogen (secondary N) is 2. The molecule has 2 heterocycles. The zero-order chi connectivity index (χ0) is 20.4. The molecule has 3 rings (SSSR count). The van der Waals surface area contributed by atoms with Gasteiger partial charge in [0, 0.05) is 22.6 Å². The van der Waals surface area contributed by atoms with Crippen LogP contribution < -0.4 is 15.4 Å². The van der Waals surface area contributed by atoms with E-state index in [1.54, 1.807) is 6.92 Å². The van der Waals surface area contributed by atoms with E-state index in [-0.39, 0.29) is 11.8 Å². The van der Waals surface area contributed by atoms with Crippen LogP contribution in [0.15, 0.2) is 36.7 Å². The Bertz CT molecular complexity index is 1030. The molecule has 0 aliphatic carbocycles. The zero-order valence-corrected chi connectivity index (χ0v) is 16.8. The topological polar surface area (TPSA) is 95.2 Å². The zero-order valence-electron chi connectivity index (χ0n) is 16.0. The van der Waals surface area contributed by atoms with Gasteiger partial charge in [0.25, 0.3) is 11.8 Å². The van der Waals surface area contributed by atoms with Crippen molar-refractivity contribution in [2.24, 2.45) is 0 Å². The van der Waals surface area contributed by atoms with Gasteiger partial charge in [0.1, 0.15) is 4.88 Å². The highest BCUT2D eigenvalue weighted by Gasteiger charge is 2.19. The summed E-state index contributed by atoms with van der Waals surface area (Å²) in [4.78, 5) is 29.8. The quantitative estimate of drug-likeness (QED) is 0.464. The summed E-state index contributed by atoms with van der Waals surface area (Å²) in [5, 5.41) is 15.2. The fourth-order valence-corrected chi connectivity index (χ4v) is 3.80. The fourth-order valence-electron chi connectivity index (χ4n) is 2.95. The van der Waals surface area contributed by atoms with Crippen molar-refractivity contribution in [1.29, 1.82) is 0 Å². The van der Waals surface area contributed by atoms with Crippen molar-refractivity contribution >= 4 is 34.0 Å². The van der Waals surface area contributed by atoms with E-state index in [1.807, 2.05) is 32.9 Å². The van der Waals surface area contributed by atoms with Crippen LogP contribution in [0.1, 0.15) is 42.4 Å². The van der Waals surface area contributed by atoms with Gasteiger partial charge in [-0.25, -0.2) is 4.98 Å². The van der Waals surface area contributed by atoms with Gasteiger partial charge in [-0.15, -0.1) is 0 Å². The summed E-state index contributed by atoms with van der Waals surface area (Å²) in [6.45, 7) is 7.65. The molecule has 0 aliphatic rings. The van der Waals surface area contributed by atoms with E-state index in [2.05, 4.69) is 15.6 Å². The van der Waals surface area contributed by atoms with Crippen molar-refractivity contribution in [3.63, 3.8) is 0 Å². The number of benzene rings is 1. The molecule has 8 heteroatoms. The fraction of sp³-hybridized carbons (Fsp3) is 0.200. The summed E-state index contributed by atoms with van der Waals surface area (Å²) < 4.78 is 0.849. The first-order valence-electron chi connectivity index (χ1n) is 8.63. The Morgan fingerprint density at radius 2 is 1.61 bits per heavy atom. The molecule has 1 aromatic carbocycles. The van der Waals surface area contributed by atoms with Gasteiger partial charge in [-0.3, -0.25) is 20.1 Å². The smallest absolute Gasteiger partial charge is 0.267 e. The molecule has 0 bridgehead atoms. The molecule has 0 spiro atoms. The van der Waals surface area contributed by atoms with Crippen molar-refractivity contribution in [2.75, 3.05) is 10.6 Å². The number of thiazole rings is 1. The molecule has 0 radical (unpaired) electrons. The molecule has 0 atom stereocenters. The van der Waals surface area contributed by atoms with Crippen LogP contribution in [0.5, 0.6) is 0 Å².